The number of amidine groups is 3. The van der Waals surface area contributed by atoms with Gasteiger partial charge in [0.25, 0.3) is 5.91 Å². The SMILES string of the molecule is COc1cc(/C=C2/C(=N)N3C(=NC2=O)SN=C3S(=O)(=O)C(C)C)ccc1OC(=O)c1ccccc1Cl. The molecule has 1 N–H and O–H groups in total. The van der Waals surface area contributed by atoms with Gasteiger partial charge >= 0.3 is 5.97 Å². The summed E-state index contributed by atoms with van der Waals surface area (Å²) in [6, 6.07) is 10.9. The lowest BCUT2D eigenvalue weighted by atomic mass is 10.1. The summed E-state index contributed by atoms with van der Waals surface area (Å²) < 4.78 is 40.1. The molecule has 10 nitrogen and oxygen atoms in total. The number of esters is 1. The maximum absolute atomic E-state index is 12.7. The maximum Gasteiger partial charge on any atom is 0.345 e. The summed E-state index contributed by atoms with van der Waals surface area (Å²) in [7, 11) is -2.45. The third kappa shape index (κ3) is 4.66. The molecule has 0 bridgehead atoms. The van der Waals surface area contributed by atoms with Crippen molar-refractivity contribution in [1.82, 2.24) is 4.90 Å². The second kappa shape index (κ2) is 9.88. The smallest absolute Gasteiger partial charge is 0.345 e. The van der Waals surface area contributed by atoms with Crippen LogP contribution in [0, 0.1) is 5.41 Å². The molecule has 2 heterocycles. The molecule has 0 saturated heterocycles. The highest BCUT2D eigenvalue weighted by molar-refractivity contribution is 8.16. The van der Waals surface area contributed by atoms with Crippen molar-refractivity contribution in [1.29, 1.82) is 5.41 Å². The standard InChI is InChI=1S/C23H19ClN4O6S2/c1-12(2)36(31,32)23-27-35-22-26-20(29)15(19(25)28(22)23)10-13-8-9-17(18(11-13)33-3)34-21(30)14-6-4-5-7-16(14)24/h4-12,25H,1-3H3/b15-10-,25-19?. The van der Waals surface area contributed by atoms with Crippen LogP contribution >= 0.6 is 23.5 Å². The maximum atomic E-state index is 12.7. The molecule has 0 aromatic heterocycles. The second-order valence-electron chi connectivity index (χ2n) is 7.78. The average Bonchev–Trinajstić information content (AvgIpc) is 3.27. The van der Waals surface area contributed by atoms with Crippen molar-refractivity contribution in [3.05, 3.63) is 64.2 Å². The van der Waals surface area contributed by atoms with Gasteiger partial charge < -0.3 is 9.47 Å². The molecular formula is C23H19ClN4O6S2. The Morgan fingerprint density at radius 3 is 2.58 bits per heavy atom. The third-order valence-electron chi connectivity index (χ3n) is 5.16. The zero-order valence-electron chi connectivity index (χ0n) is 19.2. The Bertz CT molecular complexity index is 1500. The zero-order valence-corrected chi connectivity index (χ0v) is 21.6. The lowest BCUT2D eigenvalue weighted by Crippen LogP contribution is -2.46. The molecule has 0 spiro atoms. The Hall–Kier alpha value is -3.48. The van der Waals surface area contributed by atoms with E-state index >= 15 is 0 Å². The van der Waals surface area contributed by atoms with Crippen molar-refractivity contribution in [2.45, 2.75) is 19.1 Å². The molecule has 13 heteroatoms. The molecule has 2 aliphatic rings. The summed E-state index contributed by atoms with van der Waals surface area (Å²) in [6.07, 6.45) is 1.37. The van der Waals surface area contributed by atoms with Gasteiger partial charge in [-0.15, -0.1) is 0 Å². The molecule has 36 heavy (non-hydrogen) atoms. The summed E-state index contributed by atoms with van der Waals surface area (Å²) >= 11 is 6.79. The number of ether oxygens (including phenoxy) is 2. The van der Waals surface area contributed by atoms with Crippen molar-refractivity contribution in [2.24, 2.45) is 9.39 Å². The first-order valence-corrected chi connectivity index (χ1v) is 13.1. The Kier molecular flexibility index (Phi) is 7.03. The average molecular weight is 547 g/mol. The third-order valence-corrected chi connectivity index (χ3v) is 8.34. The quantitative estimate of drug-likeness (QED) is 0.257. The van der Waals surface area contributed by atoms with Gasteiger partial charge in [0, 0.05) is 0 Å². The first-order valence-electron chi connectivity index (χ1n) is 10.4. The van der Waals surface area contributed by atoms with Crippen LogP contribution in [0.1, 0.15) is 29.8 Å². The zero-order chi connectivity index (χ0) is 26.2. The fourth-order valence-electron chi connectivity index (χ4n) is 3.20. The van der Waals surface area contributed by atoms with Crippen molar-refractivity contribution >= 4 is 67.5 Å². The highest BCUT2D eigenvalue weighted by atomic mass is 35.5. The van der Waals surface area contributed by atoms with Crippen LogP contribution in [0.3, 0.4) is 0 Å². The van der Waals surface area contributed by atoms with Crippen LogP contribution in [-0.4, -0.2) is 53.7 Å². The van der Waals surface area contributed by atoms with E-state index in [4.69, 9.17) is 26.5 Å². The number of carbonyl (C=O) groups is 2. The summed E-state index contributed by atoms with van der Waals surface area (Å²) in [5.41, 5.74) is 0.462. The highest BCUT2D eigenvalue weighted by Crippen LogP contribution is 2.33. The molecular weight excluding hydrogens is 528 g/mol. The number of nitrogens with one attached hydrogen (secondary N) is 1. The van der Waals surface area contributed by atoms with Crippen molar-refractivity contribution in [3.8, 4) is 11.5 Å². The number of fused-ring (bicyclic) bond motifs is 1. The van der Waals surface area contributed by atoms with E-state index in [2.05, 4.69) is 9.39 Å². The van der Waals surface area contributed by atoms with E-state index in [1.807, 2.05) is 0 Å². The van der Waals surface area contributed by atoms with Crippen LogP contribution in [0.4, 0.5) is 0 Å². The van der Waals surface area contributed by atoms with Crippen LogP contribution in [0.15, 0.2) is 57.4 Å². The number of hydrogen-bond acceptors (Lipinski definition) is 9. The first-order chi connectivity index (χ1) is 17.0. The summed E-state index contributed by atoms with van der Waals surface area (Å²) in [6.45, 7) is 3.00. The van der Waals surface area contributed by atoms with Gasteiger partial charge in [0.15, 0.2) is 11.5 Å². The minimum Gasteiger partial charge on any atom is -0.493 e. The fourth-order valence-corrected chi connectivity index (χ4v) is 5.48. The van der Waals surface area contributed by atoms with E-state index in [0.717, 1.165) is 16.8 Å². The van der Waals surface area contributed by atoms with Crippen LogP contribution in [0.2, 0.25) is 5.02 Å². The topological polar surface area (TPSA) is 139 Å². The van der Waals surface area contributed by atoms with Gasteiger partial charge in [0.1, 0.15) is 5.84 Å². The molecule has 0 atom stereocenters. The van der Waals surface area contributed by atoms with Gasteiger partial charge in [-0.2, -0.15) is 9.39 Å². The number of methoxy groups -OCH3 is 1. The summed E-state index contributed by atoms with van der Waals surface area (Å²) in [4.78, 5) is 30.1. The number of benzene rings is 2. The molecule has 2 aromatic rings. The molecule has 0 saturated carbocycles. The Labute approximate surface area is 216 Å². The molecule has 0 unspecified atom stereocenters. The number of amides is 1. The summed E-state index contributed by atoms with van der Waals surface area (Å²) in [5.74, 6) is -1.47. The lowest BCUT2D eigenvalue weighted by molar-refractivity contribution is -0.114. The highest BCUT2D eigenvalue weighted by Gasteiger charge is 2.43. The number of carbonyl (C=O) groups excluding carboxylic acids is 2. The van der Waals surface area contributed by atoms with E-state index in [9.17, 15) is 18.0 Å². The van der Waals surface area contributed by atoms with Crippen LogP contribution in [-0.2, 0) is 14.6 Å². The Balaban J connectivity index is 1.64. The van der Waals surface area contributed by atoms with Crippen molar-refractivity contribution in [2.75, 3.05) is 7.11 Å². The number of nitrogens with zero attached hydrogens (tertiary/aromatic N) is 3. The number of rotatable bonds is 5. The summed E-state index contributed by atoms with van der Waals surface area (Å²) in [5, 5.41) is 7.65. The molecule has 0 fully saturated rings. The largest absolute Gasteiger partial charge is 0.493 e. The van der Waals surface area contributed by atoms with Crippen LogP contribution < -0.4 is 9.47 Å². The van der Waals surface area contributed by atoms with Crippen LogP contribution in [0.5, 0.6) is 11.5 Å². The van der Waals surface area contributed by atoms with E-state index in [0.29, 0.717) is 5.56 Å². The van der Waals surface area contributed by atoms with E-state index in [1.54, 1.807) is 24.3 Å². The van der Waals surface area contributed by atoms with Crippen molar-refractivity contribution < 1.29 is 27.5 Å². The van der Waals surface area contributed by atoms with E-state index in [1.165, 1.54) is 45.2 Å². The van der Waals surface area contributed by atoms with Crippen LogP contribution in [0.25, 0.3) is 6.08 Å². The number of aliphatic imine (C=N–C) groups is 1. The van der Waals surface area contributed by atoms with E-state index < -0.39 is 27.0 Å². The normalized spacial score (nSPS) is 16.7. The number of sulfone groups is 1. The molecule has 0 radical (unpaired) electrons. The van der Waals surface area contributed by atoms with Gasteiger partial charge in [-0.25, -0.2) is 18.1 Å². The monoisotopic (exact) mass is 546 g/mol. The Morgan fingerprint density at radius 1 is 1.19 bits per heavy atom. The molecule has 4 rings (SSSR count). The predicted octanol–water partition coefficient (Wildman–Crippen LogP) is 3.97. The minimum absolute atomic E-state index is 0.000730. The molecule has 1 amide bonds. The van der Waals surface area contributed by atoms with Gasteiger partial charge in [-0.05, 0) is 49.8 Å². The van der Waals surface area contributed by atoms with Gasteiger partial charge in [-0.3, -0.25) is 10.2 Å². The van der Waals surface area contributed by atoms with Gasteiger partial charge in [0.2, 0.25) is 20.2 Å². The lowest BCUT2D eigenvalue weighted by Gasteiger charge is -2.25. The van der Waals surface area contributed by atoms with Crippen molar-refractivity contribution in [3.63, 3.8) is 0 Å². The van der Waals surface area contributed by atoms with Gasteiger partial charge in [-0.1, -0.05) is 29.8 Å². The molecule has 2 aromatic carbocycles. The predicted molar refractivity (Wildman–Crippen MR) is 138 cm³/mol. The molecule has 2 aliphatic heterocycles. The molecule has 186 valence electrons. The second-order valence-corrected chi connectivity index (χ2v) is 11.3. The first kappa shape index (κ1) is 25.6. The number of halogens is 1. The molecule has 0 aliphatic carbocycles. The van der Waals surface area contributed by atoms with Gasteiger partial charge in [0.05, 0.1) is 40.5 Å². The Morgan fingerprint density at radius 2 is 1.92 bits per heavy atom. The fraction of sp³-hybridized carbons (Fsp3) is 0.174. The minimum atomic E-state index is -3.83. The van der Waals surface area contributed by atoms with E-state index in [-0.39, 0.29) is 43.8 Å². The number of hydrogen-bond donors (Lipinski definition) is 1.